The Morgan fingerprint density at radius 2 is 2.58 bits per heavy atom. The third-order valence-electron chi connectivity index (χ3n) is 1.89. The van der Waals surface area contributed by atoms with E-state index in [4.69, 9.17) is 0 Å². The minimum Gasteiger partial charge on any atom is -0.468 e. The second kappa shape index (κ2) is 5.43. The first kappa shape index (κ1) is 9.86. The van der Waals surface area contributed by atoms with Crippen LogP contribution in [0.1, 0.15) is 12.8 Å². The van der Waals surface area contributed by atoms with Crippen LogP contribution in [0.25, 0.3) is 0 Å². The fourth-order valence-corrected chi connectivity index (χ4v) is 2.45. The van der Waals surface area contributed by atoms with Gasteiger partial charge in [0, 0.05) is 11.8 Å². The van der Waals surface area contributed by atoms with Crippen LogP contribution in [0, 0.1) is 0 Å². The van der Waals surface area contributed by atoms with Crippen molar-refractivity contribution in [3.8, 4) is 0 Å². The van der Waals surface area contributed by atoms with E-state index in [1.54, 1.807) is 0 Å². The molecule has 1 aliphatic rings. The average molecular weight is 189 g/mol. The van der Waals surface area contributed by atoms with Crippen LogP contribution in [-0.4, -0.2) is 37.2 Å². The van der Waals surface area contributed by atoms with Gasteiger partial charge in [0.25, 0.3) is 0 Å². The van der Waals surface area contributed by atoms with Gasteiger partial charge >= 0.3 is 5.97 Å². The molecule has 0 aromatic rings. The number of thioether (sulfide) groups is 1. The van der Waals surface area contributed by atoms with Gasteiger partial charge in [-0.05, 0) is 18.6 Å². The lowest BCUT2D eigenvalue weighted by Gasteiger charge is -2.08. The molecule has 0 bridgehead atoms. The lowest BCUT2D eigenvalue weighted by molar-refractivity contribution is -0.139. The smallest absolute Gasteiger partial charge is 0.319 e. The highest BCUT2D eigenvalue weighted by molar-refractivity contribution is 8.00. The molecular formula is C8H15NO2S. The summed E-state index contributed by atoms with van der Waals surface area (Å²) < 4.78 is 4.51. The highest BCUT2D eigenvalue weighted by Gasteiger charge is 2.14. The number of hydrogen-bond acceptors (Lipinski definition) is 4. The van der Waals surface area contributed by atoms with E-state index in [0.29, 0.717) is 11.8 Å². The molecule has 0 radical (unpaired) electrons. The first-order valence-corrected chi connectivity index (χ1v) is 5.27. The quantitative estimate of drug-likeness (QED) is 0.659. The SMILES string of the molecule is COC(=O)CNCC1CCCS1. The molecule has 1 unspecified atom stereocenters. The second-order valence-electron chi connectivity index (χ2n) is 2.84. The molecule has 12 heavy (non-hydrogen) atoms. The number of carbonyl (C=O) groups is 1. The summed E-state index contributed by atoms with van der Waals surface area (Å²) in [7, 11) is 1.41. The summed E-state index contributed by atoms with van der Waals surface area (Å²) in [6.45, 7) is 1.27. The monoisotopic (exact) mass is 189 g/mol. The maximum Gasteiger partial charge on any atom is 0.319 e. The van der Waals surface area contributed by atoms with E-state index >= 15 is 0 Å². The van der Waals surface area contributed by atoms with Crippen molar-refractivity contribution >= 4 is 17.7 Å². The van der Waals surface area contributed by atoms with Crippen molar-refractivity contribution in [2.45, 2.75) is 18.1 Å². The molecule has 0 aromatic heterocycles. The van der Waals surface area contributed by atoms with Crippen LogP contribution < -0.4 is 5.32 Å². The third-order valence-corrected chi connectivity index (χ3v) is 3.29. The molecule has 1 N–H and O–H groups in total. The Balaban J connectivity index is 1.97. The number of nitrogens with one attached hydrogen (secondary N) is 1. The van der Waals surface area contributed by atoms with E-state index < -0.39 is 0 Å². The van der Waals surface area contributed by atoms with Gasteiger partial charge in [0.15, 0.2) is 0 Å². The van der Waals surface area contributed by atoms with E-state index in [1.807, 2.05) is 11.8 Å². The van der Waals surface area contributed by atoms with Crippen molar-refractivity contribution in [1.82, 2.24) is 5.32 Å². The van der Waals surface area contributed by atoms with Crippen molar-refractivity contribution in [1.29, 1.82) is 0 Å². The second-order valence-corrected chi connectivity index (χ2v) is 4.25. The predicted molar refractivity (Wildman–Crippen MR) is 50.4 cm³/mol. The summed E-state index contributed by atoms with van der Waals surface area (Å²) >= 11 is 1.99. The summed E-state index contributed by atoms with van der Waals surface area (Å²) in [6, 6.07) is 0. The lowest BCUT2D eigenvalue weighted by Crippen LogP contribution is -2.29. The molecule has 1 fully saturated rings. The van der Waals surface area contributed by atoms with Crippen molar-refractivity contribution in [2.75, 3.05) is 26.0 Å². The van der Waals surface area contributed by atoms with Gasteiger partial charge < -0.3 is 10.1 Å². The molecule has 0 aliphatic carbocycles. The average Bonchev–Trinajstić information content (AvgIpc) is 2.57. The summed E-state index contributed by atoms with van der Waals surface area (Å²) in [6.07, 6.45) is 2.59. The Kier molecular flexibility index (Phi) is 4.46. The molecule has 3 nitrogen and oxygen atoms in total. The number of methoxy groups -OCH3 is 1. The summed E-state index contributed by atoms with van der Waals surface area (Å²) in [5.41, 5.74) is 0. The fraction of sp³-hybridized carbons (Fsp3) is 0.875. The van der Waals surface area contributed by atoms with Gasteiger partial charge in [-0.25, -0.2) is 0 Å². The van der Waals surface area contributed by atoms with E-state index in [-0.39, 0.29) is 5.97 Å². The van der Waals surface area contributed by atoms with Crippen LogP contribution in [0.5, 0.6) is 0 Å². The topological polar surface area (TPSA) is 38.3 Å². The van der Waals surface area contributed by atoms with Gasteiger partial charge in [-0.2, -0.15) is 11.8 Å². The summed E-state index contributed by atoms with van der Waals surface area (Å²) in [5.74, 6) is 1.09. The lowest BCUT2D eigenvalue weighted by atomic mass is 10.2. The zero-order valence-corrected chi connectivity index (χ0v) is 8.15. The van der Waals surface area contributed by atoms with Gasteiger partial charge in [-0.3, -0.25) is 4.79 Å². The zero-order valence-electron chi connectivity index (χ0n) is 7.34. The standard InChI is InChI=1S/C8H15NO2S/c1-11-8(10)6-9-5-7-3-2-4-12-7/h7,9H,2-6H2,1H3. The first-order valence-electron chi connectivity index (χ1n) is 4.22. The number of ether oxygens (including phenoxy) is 1. The molecule has 0 amide bonds. The number of hydrogen-bond donors (Lipinski definition) is 1. The number of esters is 1. The molecule has 4 heteroatoms. The third kappa shape index (κ3) is 3.45. The normalized spacial score (nSPS) is 22.6. The molecule has 0 aromatic carbocycles. The van der Waals surface area contributed by atoms with Gasteiger partial charge in [0.2, 0.25) is 0 Å². The summed E-state index contributed by atoms with van der Waals surface area (Å²) in [5, 5.41) is 3.79. The van der Waals surface area contributed by atoms with Crippen molar-refractivity contribution < 1.29 is 9.53 Å². The van der Waals surface area contributed by atoms with Gasteiger partial charge in [0.05, 0.1) is 13.7 Å². The van der Waals surface area contributed by atoms with E-state index in [9.17, 15) is 4.79 Å². The van der Waals surface area contributed by atoms with Crippen LogP contribution in [0.2, 0.25) is 0 Å². The Labute approximate surface area is 77.2 Å². The fourth-order valence-electron chi connectivity index (χ4n) is 1.21. The Morgan fingerprint density at radius 3 is 3.17 bits per heavy atom. The molecular weight excluding hydrogens is 174 g/mol. The van der Waals surface area contributed by atoms with Crippen LogP contribution >= 0.6 is 11.8 Å². The summed E-state index contributed by atoms with van der Waals surface area (Å²) in [4.78, 5) is 10.7. The molecule has 1 heterocycles. The highest BCUT2D eigenvalue weighted by Crippen LogP contribution is 2.24. The van der Waals surface area contributed by atoms with E-state index in [1.165, 1.54) is 25.7 Å². The van der Waals surface area contributed by atoms with Crippen LogP contribution in [-0.2, 0) is 9.53 Å². The van der Waals surface area contributed by atoms with Gasteiger partial charge in [0.1, 0.15) is 0 Å². The maximum absolute atomic E-state index is 10.7. The number of rotatable bonds is 4. The number of carbonyl (C=O) groups excluding carboxylic acids is 1. The Hall–Kier alpha value is -0.220. The van der Waals surface area contributed by atoms with Crippen LogP contribution in [0.4, 0.5) is 0 Å². The molecule has 0 spiro atoms. The molecule has 1 rings (SSSR count). The predicted octanol–water partition coefficient (Wildman–Crippen LogP) is 0.645. The van der Waals surface area contributed by atoms with Crippen molar-refractivity contribution in [3.05, 3.63) is 0 Å². The van der Waals surface area contributed by atoms with Crippen molar-refractivity contribution in [2.24, 2.45) is 0 Å². The van der Waals surface area contributed by atoms with Gasteiger partial charge in [-0.15, -0.1) is 0 Å². The maximum atomic E-state index is 10.7. The van der Waals surface area contributed by atoms with E-state index in [2.05, 4.69) is 10.1 Å². The minimum absolute atomic E-state index is 0.182. The van der Waals surface area contributed by atoms with Crippen molar-refractivity contribution in [3.63, 3.8) is 0 Å². The highest BCUT2D eigenvalue weighted by atomic mass is 32.2. The van der Waals surface area contributed by atoms with Gasteiger partial charge in [-0.1, -0.05) is 0 Å². The Morgan fingerprint density at radius 1 is 1.75 bits per heavy atom. The molecule has 1 saturated heterocycles. The molecule has 1 atom stereocenters. The van der Waals surface area contributed by atoms with Crippen LogP contribution in [0.3, 0.4) is 0 Å². The Bertz CT molecular complexity index is 146. The van der Waals surface area contributed by atoms with Crippen LogP contribution in [0.15, 0.2) is 0 Å². The molecule has 1 aliphatic heterocycles. The first-order chi connectivity index (χ1) is 5.83. The molecule has 70 valence electrons. The minimum atomic E-state index is -0.182. The largest absolute Gasteiger partial charge is 0.468 e. The van der Waals surface area contributed by atoms with E-state index in [0.717, 1.165) is 6.54 Å². The zero-order chi connectivity index (χ0) is 8.81. The molecule has 0 saturated carbocycles.